The number of nitrogens with zero attached hydrogens (tertiary/aromatic N) is 1. The normalized spacial score (nSPS) is 21.2. The number of sulfone groups is 1. The monoisotopic (exact) mass is 360 g/mol. The topological polar surface area (TPSA) is 49.4 Å². The van der Waals surface area contributed by atoms with E-state index in [1.54, 1.807) is 18.2 Å². The van der Waals surface area contributed by atoms with Crippen molar-refractivity contribution >= 4 is 9.84 Å². The van der Waals surface area contributed by atoms with Gasteiger partial charge in [0.1, 0.15) is 10.7 Å². The van der Waals surface area contributed by atoms with Crippen LogP contribution in [0.1, 0.15) is 23.6 Å². The van der Waals surface area contributed by atoms with E-state index in [2.05, 4.69) is 10.2 Å². The zero-order chi connectivity index (χ0) is 17.4. The van der Waals surface area contributed by atoms with Crippen LogP contribution in [-0.4, -0.2) is 39.5 Å². The smallest absolute Gasteiger partial charge is 0.209 e. The summed E-state index contributed by atoms with van der Waals surface area (Å²) in [4.78, 5) is 2.39. The zero-order valence-corrected chi connectivity index (χ0v) is 14.7. The van der Waals surface area contributed by atoms with Gasteiger partial charge in [-0.05, 0) is 48.2 Å². The van der Waals surface area contributed by atoms with E-state index in [9.17, 15) is 12.8 Å². The second kappa shape index (κ2) is 6.52. The van der Waals surface area contributed by atoms with Crippen LogP contribution in [0.25, 0.3) is 0 Å². The summed E-state index contributed by atoms with van der Waals surface area (Å²) in [7, 11) is -3.83. The molecule has 132 valence electrons. The number of rotatable bonds is 3. The largest absolute Gasteiger partial charge is 0.314 e. The Balaban J connectivity index is 1.67. The van der Waals surface area contributed by atoms with Crippen molar-refractivity contribution in [2.45, 2.75) is 28.7 Å². The maximum absolute atomic E-state index is 14.0. The third-order valence-electron chi connectivity index (χ3n) is 5.19. The van der Waals surface area contributed by atoms with Crippen molar-refractivity contribution in [1.82, 2.24) is 10.2 Å². The van der Waals surface area contributed by atoms with Crippen LogP contribution in [0.5, 0.6) is 0 Å². The maximum Gasteiger partial charge on any atom is 0.209 e. The van der Waals surface area contributed by atoms with Gasteiger partial charge >= 0.3 is 0 Å². The van der Waals surface area contributed by atoms with Crippen LogP contribution in [0, 0.1) is 5.82 Å². The maximum atomic E-state index is 14.0. The molecule has 0 bridgehead atoms. The Morgan fingerprint density at radius 1 is 1.08 bits per heavy atom. The molecule has 1 N–H and O–H groups in total. The first-order valence-corrected chi connectivity index (χ1v) is 10.1. The minimum absolute atomic E-state index is 0.178. The van der Waals surface area contributed by atoms with Gasteiger partial charge in [-0.2, -0.15) is 0 Å². The predicted octanol–water partition coefficient (Wildman–Crippen LogP) is 2.55. The van der Waals surface area contributed by atoms with Gasteiger partial charge in [0.25, 0.3) is 0 Å². The van der Waals surface area contributed by atoms with Crippen molar-refractivity contribution in [3.63, 3.8) is 0 Å². The van der Waals surface area contributed by atoms with Crippen molar-refractivity contribution in [3.8, 4) is 0 Å². The molecule has 1 atom stereocenters. The van der Waals surface area contributed by atoms with Gasteiger partial charge in [-0.1, -0.05) is 18.2 Å². The SMILES string of the molecule is O=S(=O)(c1ccc2c(c1)CCC2N1CCNCC1)c1ccccc1F. The third-order valence-corrected chi connectivity index (χ3v) is 6.97. The first-order chi connectivity index (χ1) is 12.1. The van der Waals surface area contributed by atoms with Gasteiger partial charge in [-0.25, -0.2) is 12.8 Å². The lowest BCUT2D eigenvalue weighted by molar-refractivity contribution is 0.173. The van der Waals surface area contributed by atoms with Gasteiger partial charge in [-0.15, -0.1) is 0 Å². The molecular formula is C19H21FN2O2S. The highest BCUT2D eigenvalue weighted by Gasteiger charge is 2.30. The molecule has 25 heavy (non-hydrogen) atoms. The summed E-state index contributed by atoms with van der Waals surface area (Å²) in [6.07, 6.45) is 1.88. The molecule has 6 heteroatoms. The van der Waals surface area contributed by atoms with Crippen LogP contribution in [0.15, 0.2) is 52.3 Å². The number of hydrogen-bond donors (Lipinski definition) is 1. The highest BCUT2D eigenvalue weighted by molar-refractivity contribution is 7.91. The molecule has 2 aromatic carbocycles. The van der Waals surface area contributed by atoms with E-state index in [0.29, 0.717) is 6.04 Å². The Morgan fingerprint density at radius 3 is 2.60 bits per heavy atom. The lowest BCUT2D eigenvalue weighted by Crippen LogP contribution is -2.44. The van der Waals surface area contributed by atoms with Crippen LogP contribution in [0.2, 0.25) is 0 Å². The number of benzene rings is 2. The van der Waals surface area contributed by atoms with E-state index in [-0.39, 0.29) is 9.79 Å². The van der Waals surface area contributed by atoms with Gasteiger partial charge in [0, 0.05) is 32.2 Å². The summed E-state index contributed by atoms with van der Waals surface area (Å²) in [6, 6.07) is 11.2. The van der Waals surface area contributed by atoms with E-state index in [4.69, 9.17) is 0 Å². The van der Waals surface area contributed by atoms with Crippen LogP contribution in [-0.2, 0) is 16.3 Å². The van der Waals surface area contributed by atoms with Gasteiger partial charge in [0.05, 0.1) is 4.90 Å². The highest BCUT2D eigenvalue weighted by Crippen LogP contribution is 2.37. The number of halogens is 1. The fourth-order valence-corrected chi connectivity index (χ4v) is 5.28. The van der Waals surface area contributed by atoms with E-state index >= 15 is 0 Å². The number of fused-ring (bicyclic) bond motifs is 1. The first-order valence-electron chi connectivity index (χ1n) is 8.64. The van der Waals surface area contributed by atoms with Gasteiger partial charge < -0.3 is 5.32 Å². The summed E-state index contributed by atoms with van der Waals surface area (Å²) in [5.74, 6) is -0.707. The molecule has 2 aromatic rings. The molecule has 4 nitrogen and oxygen atoms in total. The molecule has 0 spiro atoms. The van der Waals surface area contributed by atoms with Crippen LogP contribution in [0.3, 0.4) is 0 Å². The Bertz CT molecular complexity index is 892. The second-order valence-electron chi connectivity index (χ2n) is 6.63. The molecule has 0 aromatic heterocycles. The van der Waals surface area contributed by atoms with Crippen molar-refractivity contribution in [1.29, 1.82) is 0 Å². The van der Waals surface area contributed by atoms with E-state index in [1.807, 2.05) is 6.07 Å². The van der Waals surface area contributed by atoms with E-state index in [0.717, 1.165) is 44.6 Å². The summed E-state index contributed by atoms with van der Waals surface area (Å²) < 4.78 is 39.5. The van der Waals surface area contributed by atoms with Crippen LogP contribution < -0.4 is 5.32 Å². The van der Waals surface area contributed by atoms with Crippen molar-refractivity contribution < 1.29 is 12.8 Å². The summed E-state index contributed by atoms with van der Waals surface area (Å²) >= 11 is 0. The molecule has 1 saturated heterocycles. The minimum atomic E-state index is -3.83. The number of piperazine rings is 1. The molecule has 0 saturated carbocycles. The molecular weight excluding hydrogens is 339 g/mol. The summed E-state index contributed by atoms with van der Waals surface area (Å²) in [5, 5.41) is 3.36. The van der Waals surface area contributed by atoms with E-state index in [1.165, 1.54) is 23.8 Å². The molecule has 1 heterocycles. The molecule has 1 aliphatic heterocycles. The molecule has 2 aliphatic rings. The quantitative estimate of drug-likeness (QED) is 0.914. The second-order valence-corrected chi connectivity index (χ2v) is 8.55. The van der Waals surface area contributed by atoms with Crippen molar-refractivity contribution in [3.05, 3.63) is 59.4 Å². The lowest BCUT2D eigenvalue weighted by atomic mass is 10.1. The molecule has 0 amide bonds. The minimum Gasteiger partial charge on any atom is -0.314 e. The zero-order valence-electron chi connectivity index (χ0n) is 13.9. The average molecular weight is 360 g/mol. The number of aryl methyl sites for hydroxylation is 1. The van der Waals surface area contributed by atoms with E-state index < -0.39 is 15.7 Å². The summed E-state index contributed by atoms with van der Waals surface area (Å²) in [5.41, 5.74) is 2.29. The fourth-order valence-electron chi connectivity index (χ4n) is 3.90. The summed E-state index contributed by atoms with van der Waals surface area (Å²) in [6.45, 7) is 4.01. The van der Waals surface area contributed by atoms with Crippen LogP contribution >= 0.6 is 0 Å². The molecule has 0 radical (unpaired) electrons. The standard InChI is InChI=1S/C19H21FN2O2S/c20-17-3-1-2-4-19(17)25(23,24)15-6-7-16-14(13-15)5-8-18(16)22-11-9-21-10-12-22/h1-4,6-7,13,18,21H,5,8-12H2. The van der Waals surface area contributed by atoms with Gasteiger partial charge in [-0.3, -0.25) is 4.90 Å². The van der Waals surface area contributed by atoms with Crippen molar-refractivity contribution in [2.75, 3.05) is 26.2 Å². The Labute approximate surface area is 147 Å². The molecule has 4 rings (SSSR count). The Hall–Kier alpha value is -1.76. The third kappa shape index (κ3) is 2.99. The predicted molar refractivity (Wildman–Crippen MR) is 93.8 cm³/mol. The average Bonchev–Trinajstić information content (AvgIpc) is 3.06. The Kier molecular flexibility index (Phi) is 4.35. The van der Waals surface area contributed by atoms with Gasteiger partial charge in [0.15, 0.2) is 0 Å². The van der Waals surface area contributed by atoms with Crippen molar-refractivity contribution in [2.24, 2.45) is 0 Å². The number of hydrogen-bond acceptors (Lipinski definition) is 4. The Morgan fingerprint density at radius 2 is 1.84 bits per heavy atom. The van der Waals surface area contributed by atoms with Crippen LogP contribution in [0.4, 0.5) is 4.39 Å². The number of nitrogens with one attached hydrogen (secondary N) is 1. The highest BCUT2D eigenvalue weighted by atomic mass is 32.2. The van der Waals surface area contributed by atoms with Gasteiger partial charge in [0.2, 0.25) is 9.84 Å². The molecule has 1 fully saturated rings. The lowest BCUT2D eigenvalue weighted by Gasteiger charge is -2.33. The fraction of sp³-hybridized carbons (Fsp3) is 0.368. The molecule has 1 aliphatic carbocycles. The molecule has 1 unspecified atom stereocenters. The first kappa shape index (κ1) is 16.7.